The molecule has 85 heavy (non-hydrogen) atoms. The number of allylic oxidation sites excluding steroid dienone is 19. The Morgan fingerprint density at radius 3 is 1.29 bits per heavy atom. The van der Waals surface area contributed by atoms with Crippen molar-refractivity contribution in [2.75, 3.05) is 19.8 Å². The largest absolute Gasteiger partial charge is 0.394 e. The number of rotatable bonds is 52. The number of hydrogen-bond acceptors (Lipinski definition) is 13. The summed E-state index contributed by atoms with van der Waals surface area (Å²) in [4.78, 5) is 13.3. The molecule has 0 bridgehead atoms. The molecule has 2 aliphatic heterocycles. The molecule has 0 saturated carbocycles. The van der Waals surface area contributed by atoms with E-state index in [2.05, 4.69) is 129 Å². The second-order valence-corrected chi connectivity index (χ2v) is 22.9. The van der Waals surface area contributed by atoms with E-state index in [1.807, 2.05) is 6.08 Å². The third-order valence-corrected chi connectivity index (χ3v) is 15.4. The van der Waals surface area contributed by atoms with Crippen molar-refractivity contribution >= 4 is 5.91 Å². The Balaban J connectivity index is 1.68. The molecule has 0 spiro atoms. The fourth-order valence-corrected chi connectivity index (χ4v) is 10.1. The van der Waals surface area contributed by atoms with E-state index in [4.69, 9.17) is 18.9 Å². The van der Waals surface area contributed by atoms with Crippen LogP contribution in [-0.2, 0) is 23.7 Å². The first-order valence-electron chi connectivity index (χ1n) is 33.3. The van der Waals surface area contributed by atoms with Crippen LogP contribution >= 0.6 is 0 Å². The van der Waals surface area contributed by atoms with Gasteiger partial charge in [-0.2, -0.15) is 0 Å². The SMILES string of the molecule is CC/C=C\C/C=C\C/C=C\C/C=C\C/C=C\C/C=C\C/C=C\C/C=C\CCCCCCCCCCCCC(=O)NC(COC1OC(CO)C(OC2OC(CO)C(O)C(O)C2O)C(O)C1O)C(O)/C=C/CC/C=C/CCCCCCCCCCCC. The number of ether oxygens (including phenoxy) is 4. The van der Waals surface area contributed by atoms with Crippen molar-refractivity contribution in [3.8, 4) is 0 Å². The summed E-state index contributed by atoms with van der Waals surface area (Å²) in [6.45, 7) is 2.65. The Labute approximate surface area is 514 Å². The topological polar surface area (TPSA) is 228 Å². The van der Waals surface area contributed by atoms with Crippen LogP contribution < -0.4 is 5.32 Å². The number of hydrogen-bond donors (Lipinski definition) is 9. The highest BCUT2D eigenvalue weighted by molar-refractivity contribution is 5.76. The van der Waals surface area contributed by atoms with Gasteiger partial charge in [-0.25, -0.2) is 0 Å². The highest BCUT2D eigenvalue weighted by atomic mass is 16.7. The molecule has 0 aromatic heterocycles. The maximum absolute atomic E-state index is 13.3. The monoisotopic (exact) mass is 1190 g/mol. The number of nitrogens with one attached hydrogen (secondary N) is 1. The Morgan fingerprint density at radius 2 is 0.824 bits per heavy atom. The molecule has 12 atom stereocenters. The normalized spacial score (nSPS) is 24.4. The lowest BCUT2D eigenvalue weighted by molar-refractivity contribution is -0.359. The van der Waals surface area contributed by atoms with Gasteiger partial charge in [-0.1, -0.05) is 245 Å². The van der Waals surface area contributed by atoms with Gasteiger partial charge < -0.3 is 65.1 Å². The van der Waals surface area contributed by atoms with E-state index in [0.29, 0.717) is 12.8 Å². The highest BCUT2D eigenvalue weighted by Crippen LogP contribution is 2.30. The Morgan fingerprint density at radius 1 is 0.435 bits per heavy atom. The van der Waals surface area contributed by atoms with Crippen molar-refractivity contribution in [2.45, 2.75) is 299 Å². The first-order valence-corrected chi connectivity index (χ1v) is 33.3. The van der Waals surface area contributed by atoms with E-state index in [-0.39, 0.29) is 18.9 Å². The van der Waals surface area contributed by atoms with Crippen LogP contribution in [0.2, 0.25) is 0 Å². The molecule has 0 aliphatic carbocycles. The average molecular weight is 1190 g/mol. The average Bonchev–Trinajstić information content (AvgIpc) is 3.70. The number of carbonyl (C=O) groups is 1. The third kappa shape index (κ3) is 39.1. The van der Waals surface area contributed by atoms with Crippen LogP contribution in [0.1, 0.15) is 226 Å². The van der Waals surface area contributed by atoms with Crippen LogP contribution in [0.25, 0.3) is 0 Å². The quantitative estimate of drug-likeness (QED) is 0.0204. The van der Waals surface area contributed by atoms with Crippen LogP contribution in [0.15, 0.2) is 122 Å². The Hall–Kier alpha value is -3.61. The van der Waals surface area contributed by atoms with Gasteiger partial charge in [0.2, 0.25) is 5.91 Å². The third-order valence-electron chi connectivity index (χ3n) is 15.4. The first kappa shape index (κ1) is 77.5. The molecule has 9 N–H and O–H groups in total. The maximum atomic E-state index is 13.3. The minimum Gasteiger partial charge on any atom is -0.394 e. The molecule has 2 saturated heterocycles. The van der Waals surface area contributed by atoms with Gasteiger partial charge in [0.15, 0.2) is 12.6 Å². The molecule has 14 heteroatoms. The van der Waals surface area contributed by atoms with Crippen LogP contribution in [-0.4, -0.2) is 140 Å². The zero-order chi connectivity index (χ0) is 61.6. The predicted octanol–water partition coefficient (Wildman–Crippen LogP) is 12.9. The molecular weight excluding hydrogens is 1070 g/mol. The second-order valence-electron chi connectivity index (χ2n) is 22.9. The number of unbranched alkanes of at least 4 members (excludes halogenated alkanes) is 21. The van der Waals surface area contributed by atoms with Gasteiger partial charge >= 0.3 is 0 Å². The minimum atomic E-state index is -1.80. The van der Waals surface area contributed by atoms with E-state index < -0.39 is 86.8 Å². The fourth-order valence-electron chi connectivity index (χ4n) is 10.1. The van der Waals surface area contributed by atoms with Gasteiger partial charge in [0, 0.05) is 6.42 Å². The van der Waals surface area contributed by atoms with E-state index >= 15 is 0 Å². The summed E-state index contributed by atoms with van der Waals surface area (Å²) in [5, 5.41) is 87.2. The highest BCUT2D eigenvalue weighted by Gasteiger charge is 2.51. The Kier molecular flexibility index (Phi) is 49.7. The van der Waals surface area contributed by atoms with Crippen molar-refractivity contribution in [1.29, 1.82) is 0 Å². The van der Waals surface area contributed by atoms with Gasteiger partial charge in [0.1, 0.15) is 48.8 Å². The molecule has 0 aromatic rings. The van der Waals surface area contributed by atoms with Gasteiger partial charge in [0.05, 0.1) is 32.0 Å². The molecule has 2 fully saturated rings. The van der Waals surface area contributed by atoms with E-state index in [9.17, 15) is 45.6 Å². The van der Waals surface area contributed by atoms with Crippen molar-refractivity contribution in [2.24, 2.45) is 0 Å². The predicted molar refractivity (Wildman–Crippen MR) is 345 cm³/mol. The second kappa shape index (κ2) is 54.5. The van der Waals surface area contributed by atoms with Crippen LogP contribution in [0.4, 0.5) is 0 Å². The first-order chi connectivity index (χ1) is 41.6. The minimum absolute atomic E-state index is 0.259. The van der Waals surface area contributed by atoms with E-state index in [1.165, 1.54) is 103 Å². The Bertz CT molecular complexity index is 1890. The smallest absolute Gasteiger partial charge is 0.220 e. The van der Waals surface area contributed by atoms with Crippen LogP contribution in [0.3, 0.4) is 0 Å². The van der Waals surface area contributed by atoms with Crippen LogP contribution in [0.5, 0.6) is 0 Å². The van der Waals surface area contributed by atoms with Gasteiger partial charge in [0.25, 0.3) is 0 Å². The number of carbonyl (C=O) groups excluding carboxylic acids is 1. The van der Waals surface area contributed by atoms with Gasteiger partial charge in [-0.15, -0.1) is 0 Å². The zero-order valence-electron chi connectivity index (χ0n) is 52.6. The summed E-state index contributed by atoms with van der Waals surface area (Å²) >= 11 is 0. The lowest BCUT2D eigenvalue weighted by atomic mass is 9.97. The lowest BCUT2D eigenvalue weighted by Crippen LogP contribution is -2.65. The molecule has 0 radical (unpaired) electrons. The zero-order valence-corrected chi connectivity index (χ0v) is 52.6. The number of aliphatic hydroxyl groups excluding tert-OH is 8. The molecule has 1 amide bonds. The summed E-state index contributed by atoms with van der Waals surface area (Å²) < 4.78 is 22.8. The molecule has 486 valence electrons. The molecule has 2 heterocycles. The summed E-state index contributed by atoms with van der Waals surface area (Å²) in [6.07, 6.45) is 62.4. The molecule has 2 rings (SSSR count). The molecule has 0 aromatic carbocycles. The molecule has 14 nitrogen and oxygen atoms in total. The maximum Gasteiger partial charge on any atom is 0.220 e. The van der Waals surface area contributed by atoms with Crippen molar-refractivity contribution in [3.05, 3.63) is 122 Å². The summed E-state index contributed by atoms with van der Waals surface area (Å²) in [6, 6.07) is -0.942. The van der Waals surface area contributed by atoms with Crippen molar-refractivity contribution < 1.29 is 64.6 Å². The summed E-state index contributed by atoms with van der Waals surface area (Å²) in [7, 11) is 0. The molecular formula is C71H119NO13. The number of aliphatic hydroxyl groups is 8. The van der Waals surface area contributed by atoms with Crippen molar-refractivity contribution in [3.63, 3.8) is 0 Å². The van der Waals surface area contributed by atoms with E-state index in [0.717, 1.165) is 89.9 Å². The van der Waals surface area contributed by atoms with Crippen molar-refractivity contribution in [1.82, 2.24) is 5.32 Å². The summed E-state index contributed by atoms with van der Waals surface area (Å²) in [5.41, 5.74) is 0. The van der Waals surface area contributed by atoms with Gasteiger partial charge in [-0.3, -0.25) is 4.79 Å². The standard InChI is InChI=1S/C71H119NO13/c1-3-5-7-9-11-13-15-17-19-21-22-23-24-25-26-27-28-29-30-31-32-33-34-35-36-37-38-39-41-43-45-47-49-51-53-55-63(76)72-59(60(75)54-52-50-48-46-44-42-40-20-18-16-14-12-10-8-6-4-2)58-82-70-68(81)66(79)69(62(57-74)84-70)85-71-67(80)65(78)64(77)61(56-73)83-71/h5,7,11,13,17,19,22-23,25-26,28-29,31-32,34-35,44,46,52,54,59-62,64-71,73-75,77-81H,3-4,6,8-10,12,14-16,18,20-21,24,27,30,33,36-43,45,47-51,53,55-58H2,1-2H3,(H,72,76)/b7-5-,13-11-,19-17-,23-22-,26-25-,29-28-,32-31-,35-34-,46-44+,54-52+. The lowest BCUT2D eigenvalue weighted by Gasteiger charge is -2.46. The molecule has 2 aliphatic rings. The fraction of sp³-hybridized carbons (Fsp3) is 0.704. The molecule has 12 unspecified atom stereocenters. The van der Waals surface area contributed by atoms with E-state index in [1.54, 1.807) is 6.08 Å². The summed E-state index contributed by atoms with van der Waals surface area (Å²) in [5.74, 6) is -0.259. The van der Waals surface area contributed by atoms with Gasteiger partial charge in [-0.05, 0) is 96.3 Å². The number of amides is 1. The van der Waals surface area contributed by atoms with Crippen LogP contribution in [0, 0.1) is 0 Å².